The minimum Gasteiger partial charge on any atom is -0.455 e. The van der Waals surface area contributed by atoms with Crippen LogP contribution in [0, 0.1) is 0 Å². The zero-order valence-electron chi connectivity index (χ0n) is 9.24. The lowest BCUT2D eigenvalue weighted by atomic mass is 10.2. The summed E-state index contributed by atoms with van der Waals surface area (Å²) in [5, 5.41) is 0. The van der Waals surface area contributed by atoms with Gasteiger partial charge in [-0.3, -0.25) is 0 Å². The summed E-state index contributed by atoms with van der Waals surface area (Å²) >= 11 is 0. The van der Waals surface area contributed by atoms with E-state index in [1.165, 1.54) is 12.1 Å². The highest BCUT2D eigenvalue weighted by atomic mass is 19.4. The normalized spacial score (nSPS) is 11.3. The van der Waals surface area contributed by atoms with E-state index in [2.05, 4.69) is 0 Å². The van der Waals surface area contributed by atoms with Crippen molar-refractivity contribution >= 4 is 5.69 Å². The molecule has 2 rings (SSSR count). The second kappa shape index (κ2) is 4.60. The van der Waals surface area contributed by atoms with E-state index in [-0.39, 0.29) is 5.75 Å². The molecule has 94 valence electrons. The highest BCUT2D eigenvalue weighted by Crippen LogP contribution is 2.33. The number of alkyl halides is 3. The molecule has 0 saturated carbocycles. The second-order valence-corrected chi connectivity index (χ2v) is 3.67. The first-order chi connectivity index (χ1) is 8.47. The summed E-state index contributed by atoms with van der Waals surface area (Å²) in [6.07, 6.45) is -4.39. The van der Waals surface area contributed by atoms with Crippen LogP contribution in [0.25, 0.3) is 0 Å². The lowest BCUT2D eigenvalue weighted by Gasteiger charge is -2.11. The van der Waals surface area contributed by atoms with Gasteiger partial charge in [-0.1, -0.05) is 18.2 Å². The summed E-state index contributed by atoms with van der Waals surface area (Å²) in [4.78, 5) is 0. The summed E-state index contributed by atoms with van der Waals surface area (Å²) in [5.41, 5.74) is 5.26. The Morgan fingerprint density at radius 1 is 0.944 bits per heavy atom. The smallest absolute Gasteiger partial charge is 0.416 e. The standard InChI is InChI=1S/C13H10F3NO/c14-13(15,16)9-4-3-5-10(8-9)18-12-7-2-1-6-11(12)17/h1-8H,17H2. The highest BCUT2D eigenvalue weighted by molar-refractivity contribution is 5.53. The van der Waals surface area contributed by atoms with E-state index in [0.29, 0.717) is 11.4 Å². The molecule has 0 radical (unpaired) electrons. The minimum absolute atomic E-state index is 0.0997. The third kappa shape index (κ3) is 2.74. The molecule has 0 aromatic heterocycles. The van der Waals surface area contributed by atoms with Gasteiger partial charge in [0.05, 0.1) is 11.3 Å². The molecule has 0 aliphatic carbocycles. The minimum atomic E-state index is -4.39. The van der Waals surface area contributed by atoms with Crippen molar-refractivity contribution in [3.05, 3.63) is 54.1 Å². The number of benzene rings is 2. The molecule has 0 spiro atoms. The highest BCUT2D eigenvalue weighted by Gasteiger charge is 2.30. The molecule has 0 fully saturated rings. The summed E-state index contributed by atoms with van der Waals surface area (Å²) in [7, 11) is 0. The van der Waals surface area contributed by atoms with Crippen molar-refractivity contribution in [3.8, 4) is 11.5 Å². The molecule has 0 saturated heterocycles. The average Bonchev–Trinajstić information content (AvgIpc) is 2.31. The summed E-state index contributed by atoms with van der Waals surface area (Å²) in [5.74, 6) is 0.430. The molecule has 2 N–H and O–H groups in total. The van der Waals surface area contributed by atoms with Gasteiger partial charge in [-0.2, -0.15) is 13.2 Å². The molecule has 0 bridgehead atoms. The quantitative estimate of drug-likeness (QED) is 0.818. The number of para-hydroxylation sites is 2. The molecule has 5 heteroatoms. The van der Waals surface area contributed by atoms with Gasteiger partial charge in [0, 0.05) is 0 Å². The molecular formula is C13H10F3NO. The van der Waals surface area contributed by atoms with Crippen LogP contribution >= 0.6 is 0 Å². The van der Waals surface area contributed by atoms with Gasteiger partial charge >= 0.3 is 6.18 Å². The third-order valence-corrected chi connectivity index (χ3v) is 2.31. The third-order valence-electron chi connectivity index (χ3n) is 2.31. The van der Waals surface area contributed by atoms with E-state index >= 15 is 0 Å². The molecule has 2 aromatic carbocycles. The van der Waals surface area contributed by atoms with E-state index in [1.54, 1.807) is 24.3 Å². The first-order valence-corrected chi connectivity index (χ1v) is 5.16. The number of ether oxygens (including phenoxy) is 1. The largest absolute Gasteiger partial charge is 0.455 e. The predicted molar refractivity (Wildman–Crippen MR) is 62.4 cm³/mol. The summed E-state index contributed by atoms with van der Waals surface area (Å²) < 4.78 is 42.8. The van der Waals surface area contributed by atoms with Gasteiger partial charge in [0.2, 0.25) is 0 Å². The van der Waals surface area contributed by atoms with E-state index < -0.39 is 11.7 Å². The van der Waals surface area contributed by atoms with E-state index in [0.717, 1.165) is 12.1 Å². The van der Waals surface area contributed by atoms with Gasteiger partial charge in [-0.15, -0.1) is 0 Å². The van der Waals surface area contributed by atoms with Crippen LogP contribution in [-0.4, -0.2) is 0 Å². The second-order valence-electron chi connectivity index (χ2n) is 3.67. The number of hydrogen-bond acceptors (Lipinski definition) is 2. The lowest BCUT2D eigenvalue weighted by molar-refractivity contribution is -0.137. The Balaban J connectivity index is 2.28. The van der Waals surface area contributed by atoms with E-state index in [4.69, 9.17) is 10.5 Å². The van der Waals surface area contributed by atoms with Crippen LogP contribution in [0.3, 0.4) is 0 Å². The summed E-state index contributed by atoms with van der Waals surface area (Å²) in [6.45, 7) is 0. The van der Waals surface area contributed by atoms with Gasteiger partial charge in [0.25, 0.3) is 0 Å². The number of nitrogens with two attached hydrogens (primary N) is 1. The van der Waals surface area contributed by atoms with Crippen LogP contribution in [0.4, 0.5) is 18.9 Å². The van der Waals surface area contributed by atoms with Crippen LogP contribution in [0.15, 0.2) is 48.5 Å². The van der Waals surface area contributed by atoms with Crippen LogP contribution in [0.1, 0.15) is 5.56 Å². The van der Waals surface area contributed by atoms with Crippen LogP contribution in [0.5, 0.6) is 11.5 Å². The summed E-state index contributed by atoms with van der Waals surface area (Å²) in [6, 6.07) is 11.3. The van der Waals surface area contributed by atoms with Crippen molar-refractivity contribution in [2.45, 2.75) is 6.18 Å². The maximum Gasteiger partial charge on any atom is 0.416 e. The predicted octanol–water partition coefficient (Wildman–Crippen LogP) is 4.08. The van der Waals surface area contributed by atoms with Crippen LogP contribution in [-0.2, 0) is 6.18 Å². The van der Waals surface area contributed by atoms with Crippen molar-refractivity contribution < 1.29 is 17.9 Å². The van der Waals surface area contributed by atoms with Crippen LogP contribution in [0.2, 0.25) is 0 Å². The van der Waals surface area contributed by atoms with Crippen molar-refractivity contribution in [2.24, 2.45) is 0 Å². The molecule has 2 nitrogen and oxygen atoms in total. The Morgan fingerprint density at radius 3 is 2.33 bits per heavy atom. The van der Waals surface area contributed by atoms with Crippen LogP contribution < -0.4 is 10.5 Å². The van der Waals surface area contributed by atoms with Crippen molar-refractivity contribution in [3.63, 3.8) is 0 Å². The molecule has 0 aliphatic heterocycles. The van der Waals surface area contributed by atoms with Gasteiger partial charge in [0.15, 0.2) is 0 Å². The number of nitrogen functional groups attached to an aromatic ring is 1. The monoisotopic (exact) mass is 253 g/mol. The van der Waals surface area contributed by atoms with Gasteiger partial charge < -0.3 is 10.5 Å². The number of hydrogen-bond donors (Lipinski definition) is 1. The number of rotatable bonds is 2. The fourth-order valence-corrected chi connectivity index (χ4v) is 1.44. The molecule has 0 amide bonds. The zero-order valence-corrected chi connectivity index (χ0v) is 9.24. The fraction of sp³-hybridized carbons (Fsp3) is 0.0769. The molecule has 0 unspecified atom stereocenters. The molecule has 18 heavy (non-hydrogen) atoms. The first-order valence-electron chi connectivity index (χ1n) is 5.16. The van der Waals surface area contributed by atoms with Gasteiger partial charge in [0.1, 0.15) is 11.5 Å². The van der Waals surface area contributed by atoms with Crippen molar-refractivity contribution in [1.82, 2.24) is 0 Å². The SMILES string of the molecule is Nc1ccccc1Oc1cccc(C(F)(F)F)c1. The van der Waals surface area contributed by atoms with Gasteiger partial charge in [-0.25, -0.2) is 0 Å². The maximum absolute atomic E-state index is 12.5. The molecule has 0 heterocycles. The van der Waals surface area contributed by atoms with E-state index in [1.807, 2.05) is 0 Å². The van der Waals surface area contributed by atoms with Gasteiger partial charge in [-0.05, 0) is 30.3 Å². The number of anilines is 1. The number of halogens is 3. The lowest BCUT2D eigenvalue weighted by Crippen LogP contribution is -2.04. The Bertz CT molecular complexity index is 552. The van der Waals surface area contributed by atoms with Crippen molar-refractivity contribution in [1.29, 1.82) is 0 Å². The molecular weight excluding hydrogens is 243 g/mol. The molecule has 2 aromatic rings. The Morgan fingerprint density at radius 2 is 1.67 bits per heavy atom. The maximum atomic E-state index is 12.5. The first kappa shape index (κ1) is 12.3. The Kier molecular flexibility index (Phi) is 3.14. The Labute approximate surface area is 102 Å². The van der Waals surface area contributed by atoms with Crippen molar-refractivity contribution in [2.75, 3.05) is 5.73 Å². The van der Waals surface area contributed by atoms with E-state index in [9.17, 15) is 13.2 Å². The molecule has 0 atom stereocenters. The zero-order chi connectivity index (χ0) is 13.2. The average molecular weight is 253 g/mol. The fourth-order valence-electron chi connectivity index (χ4n) is 1.44. The topological polar surface area (TPSA) is 35.2 Å². The molecule has 0 aliphatic rings. The Hall–Kier alpha value is -2.17.